The number of sulfone groups is 1. The topological polar surface area (TPSA) is 69.4 Å². The molecule has 6 heteroatoms. The second-order valence-corrected chi connectivity index (χ2v) is 6.74. The summed E-state index contributed by atoms with van der Waals surface area (Å²) in [6.45, 7) is 0.0539. The van der Waals surface area contributed by atoms with E-state index in [0.717, 1.165) is 0 Å². The molecular formula is C14H14ClNO3S. The number of anilines is 1. The van der Waals surface area contributed by atoms with Gasteiger partial charge in [0, 0.05) is 16.8 Å². The normalized spacial score (nSPS) is 11.2. The quantitative estimate of drug-likeness (QED) is 0.862. The van der Waals surface area contributed by atoms with Crippen molar-refractivity contribution < 1.29 is 13.2 Å². The van der Waals surface area contributed by atoms with Gasteiger partial charge in [0.1, 0.15) is 12.4 Å². The second-order valence-electron chi connectivity index (χ2n) is 4.20. The van der Waals surface area contributed by atoms with Crippen LogP contribution in [0.2, 0.25) is 5.02 Å². The fourth-order valence-electron chi connectivity index (χ4n) is 1.65. The van der Waals surface area contributed by atoms with Gasteiger partial charge in [-0.1, -0.05) is 23.7 Å². The van der Waals surface area contributed by atoms with Crippen LogP contribution in [-0.2, 0) is 9.84 Å². The summed E-state index contributed by atoms with van der Waals surface area (Å²) in [7, 11) is -3.40. The highest BCUT2D eigenvalue weighted by atomic mass is 35.5. The van der Waals surface area contributed by atoms with Gasteiger partial charge in [-0.3, -0.25) is 0 Å². The maximum Gasteiger partial charge on any atom is 0.181 e. The minimum absolute atomic E-state index is 0.0539. The van der Waals surface area contributed by atoms with E-state index in [2.05, 4.69) is 0 Å². The van der Waals surface area contributed by atoms with E-state index in [-0.39, 0.29) is 17.3 Å². The third-order valence-corrected chi connectivity index (χ3v) is 4.55. The molecule has 0 aliphatic rings. The van der Waals surface area contributed by atoms with Crippen LogP contribution in [0.25, 0.3) is 0 Å². The van der Waals surface area contributed by atoms with Gasteiger partial charge < -0.3 is 10.5 Å². The van der Waals surface area contributed by atoms with Crippen LogP contribution in [0.15, 0.2) is 53.4 Å². The standard InChI is InChI=1S/C14H14ClNO3S/c15-11-3-1-6-14(9-11)20(17,18)8-7-19-13-5-2-4-12(16)10-13/h1-6,9-10H,7-8,16H2. The Hall–Kier alpha value is -1.72. The fourth-order valence-corrected chi connectivity index (χ4v) is 3.04. The number of nitrogens with two attached hydrogens (primary N) is 1. The van der Waals surface area contributed by atoms with E-state index >= 15 is 0 Å². The molecule has 106 valence electrons. The lowest BCUT2D eigenvalue weighted by Gasteiger charge is -2.08. The smallest absolute Gasteiger partial charge is 0.181 e. The van der Waals surface area contributed by atoms with Gasteiger partial charge in [0.25, 0.3) is 0 Å². The molecule has 0 saturated carbocycles. The molecule has 2 aromatic rings. The lowest BCUT2D eigenvalue weighted by molar-refractivity contribution is 0.341. The average molecular weight is 312 g/mol. The summed E-state index contributed by atoms with van der Waals surface area (Å²) in [6.07, 6.45) is 0. The third-order valence-electron chi connectivity index (χ3n) is 2.63. The van der Waals surface area contributed by atoms with E-state index in [4.69, 9.17) is 22.1 Å². The lowest BCUT2D eigenvalue weighted by atomic mass is 10.3. The summed E-state index contributed by atoms with van der Waals surface area (Å²) in [6, 6.07) is 13.0. The maximum absolute atomic E-state index is 12.1. The van der Waals surface area contributed by atoms with E-state index in [9.17, 15) is 8.42 Å². The van der Waals surface area contributed by atoms with Gasteiger partial charge in [0.15, 0.2) is 9.84 Å². The highest BCUT2D eigenvalue weighted by Crippen LogP contribution is 2.18. The molecule has 0 spiro atoms. The van der Waals surface area contributed by atoms with Crippen LogP contribution in [0.5, 0.6) is 5.75 Å². The molecule has 0 atom stereocenters. The molecule has 0 amide bonds. The van der Waals surface area contributed by atoms with Crippen LogP contribution in [0.3, 0.4) is 0 Å². The molecule has 0 aliphatic heterocycles. The summed E-state index contributed by atoms with van der Waals surface area (Å²) in [5.74, 6) is 0.425. The van der Waals surface area contributed by atoms with Crippen molar-refractivity contribution in [3.8, 4) is 5.75 Å². The van der Waals surface area contributed by atoms with Crippen molar-refractivity contribution in [2.24, 2.45) is 0 Å². The number of hydrogen-bond donors (Lipinski definition) is 1. The molecule has 0 aromatic heterocycles. The SMILES string of the molecule is Nc1cccc(OCCS(=O)(=O)c2cccc(Cl)c2)c1. The Bertz CT molecular complexity index is 701. The molecule has 4 nitrogen and oxygen atoms in total. The first-order chi connectivity index (χ1) is 9.47. The first kappa shape index (κ1) is 14.7. The van der Waals surface area contributed by atoms with Crippen molar-refractivity contribution in [3.63, 3.8) is 0 Å². The predicted molar refractivity (Wildman–Crippen MR) is 79.9 cm³/mol. The number of ether oxygens (including phenoxy) is 1. The zero-order valence-electron chi connectivity index (χ0n) is 10.6. The van der Waals surface area contributed by atoms with E-state index < -0.39 is 9.84 Å². The molecule has 0 saturated heterocycles. The Labute approximate surface area is 123 Å². The Balaban J connectivity index is 2.00. The van der Waals surface area contributed by atoms with E-state index in [1.807, 2.05) is 0 Å². The van der Waals surface area contributed by atoms with E-state index in [1.165, 1.54) is 12.1 Å². The maximum atomic E-state index is 12.1. The Kier molecular flexibility index (Phi) is 4.52. The van der Waals surface area contributed by atoms with Crippen molar-refractivity contribution in [1.29, 1.82) is 0 Å². The monoisotopic (exact) mass is 311 g/mol. The van der Waals surface area contributed by atoms with Crippen molar-refractivity contribution in [2.75, 3.05) is 18.1 Å². The van der Waals surface area contributed by atoms with Crippen LogP contribution < -0.4 is 10.5 Å². The number of halogens is 1. The summed E-state index contributed by atoms with van der Waals surface area (Å²) in [5, 5.41) is 0.392. The average Bonchev–Trinajstić information content (AvgIpc) is 2.38. The van der Waals surface area contributed by atoms with Gasteiger partial charge in [-0.05, 0) is 30.3 Å². The van der Waals surface area contributed by atoms with Crippen LogP contribution in [0, 0.1) is 0 Å². The zero-order chi connectivity index (χ0) is 14.6. The van der Waals surface area contributed by atoms with Gasteiger partial charge in [-0.2, -0.15) is 0 Å². The minimum Gasteiger partial charge on any atom is -0.492 e. The summed E-state index contributed by atoms with van der Waals surface area (Å²) < 4.78 is 29.5. The molecule has 0 heterocycles. The van der Waals surface area contributed by atoms with Gasteiger partial charge in [0.05, 0.1) is 10.6 Å². The Morgan fingerprint density at radius 2 is 1.85 bits per heavy atom. The first-order valence-corrected chi connectivity index (χ1v) is 7.97. The van der Waals surface area contributed by atoms with E-state index in [0.29, 0.717) is 16.5 Å². The van der Waals surface area contributed by atoms with Crippen molar-refractivity contribution in [3.05, 3.63) is 53.6 Å². The second kappa shape index (κ2) is 6.15. The van der Waals surface area contributed by atoms with Crippen LogP contribution in [-0.4, -0.2) is 20.8 Å². The van der Waals surface area contributed by atoms with Gasteiger partial charge >= 0.3 is 0 Å². The Morgan fingerprint density at radius 3 is 2.55 bits per heavy atom. The fraction of sp³-hybridized carbons (Fsp3) is 0.143. The van der Waals surface area contributed by atoms with Crippen molar-refractivity contribution >= 4 is 27.1 Å². The van der Waals surface area contributed by atoms with Crippen molar-refractivity contribution in [2.45, 2.75) is 4.90 Å². The van der Waals surface area contributed by atoms with E-state index in [1.54, 1.807) is 36.4 Å². The summed E-state index contributed by atoms with van der Waals surface area (Å²) in [5.41, 5.74) is 6.18. The molecule has 0 aliphatic carbocycles. The molecule has 0 radical (unpaired) electrons. The van der Waals surface area contributed by atoms with Crippen LogP contribution in [0.4, 0.5) is 5.69 Å². The number of benzene rings is 2. The van der Waals surface area contributed by atoms with Crippen LogP contribution in [0.1, 0.15) is 0 Å². The molecule has 20 heavy (non-hydrogen) atoms. The first-order valence-electron chi connectivity index (χ1n) is 5.94. The molecular weight excluding hydrogens is 298 g/mol. The number of rotatable bonds is 5. The van der Waals surface area contributed by atoms with Gasteiger partial charge in [-0.15, -0.1) is 0 Å². The van der Waals surface area contributed by atoms with Crippen molar-refractivity contribution in [1.82, 2.24) is 0 Å². The van der Waals surface area contributed by atoms with Gasteiger partial charge in [-0.25, -0.2) is 8.42 Å². The third kappa shape index (κ3) is 3.88. The number of hydrogen-bond acceptors (Lipinski definition) is 4. The minimum atomic E-state index is -3.40. The lowest BCUT2D eigenvalue weighted by Crippen LogP contribution is -2.14. The molecule has 2 rings (SSSR count). The zero-order valence-corrected chi connectivity index (χ0v) is 12.2. The summed E-state index contributed by atoms with van der Waals surface area (Å²) in [4.78, 5) is 0.196. The Morgan fingerprint density at radius 1 is 1.10 bits per heavy atom. The largest absolute Gasteiger partial charge is 0.492 e. The van der Waals surface area contributed by atoms with Gasteiger partial charge in [0.2, 0.25) is 0 Å². The molecule has 2 aromatic carbocycles. The molecule has 0 fully saturated rings. The molecule has 0 bridgehead atoms. The highest BCUT2D eigenvalue weighted by molar-refractivity contribution is 7.91. The molecule has 2 N–H and O–H groups in total. The van der Waals surface area contributed by atoms with Crippen LogP contribution >= 0.6 is 11.6 Å². The predicted octanol–water partition coefficient (Wildman–Crippen LogP) is 2.77. The summed E-state index contributed by atoms with van der Waals surface area (Å²) >= 11 is 5.79. The highest BCUT2D eigenvalue weighted by Gasteiger charge is 2.14. The molecule has 0 unspecified atom stereocenters. The number of nitrogen functional groups attached to an aromatic ring is 1.